The zero-order chi connectivity index (χ0) is 21.7. The normalized spacial score (nSPS) is 11.4. The van der Waals surface area contributed by atoms with Crippen molar-refractivity contribution in [1.29, 1.82) is 0 Å². The Morgan fingerprint density at radius 1 is 1.03 bits per heavy atom. The fourth-order valence-electron chi connectivity index (χ4n) is 2.78. The Kier molecular flexibility index (Phi) is 6.17. The largest absolute Gasteiger partial charge is 0.468 e. The first kappa shape index (κ1) is 20.7. The summed E-state index contributed by atoms with van der Waals surface area (Å²) in [4.78, 5) is 35.1. The topological polar surface area (TPSA) is 98.5 Å². The summed E-state index contributed by atoms with van der Waals surface area (Å²) >= 11 is 0. The predicted molar refractivity (Wildman–Crippen MR) is 108 cm³/mol. The van der Waals surface area contributed by atoms with Gasteiger partial charge in [-0.1, -0.05) is 42.5 Å². The number of anilines is 1. The summed E-state index contributed by atoms with van der Waals surface area (Å²) in [5.41, 5.74) is 0.705. The molecular weight excluding hydrogens is 391 g/mol. The molecule has 3 rings (SSSR count). The molecule has 7 nitrogen and oxygen atoms in total. The number of halogens is 1. The molecule has 30 heavy (non-hydrogen) atoms. The zero-order valence-electron chi connectivity index (χ0n) is 15.9. The van der Waals surface area contributed by atoms with Crippen LogP contribution in [0.25, 0.3) is 0 Å². The van der Waals surface area contributed by atoms with Gasteiger partial charge in [0.05, 0.1) is 4.92 Å². The second-order valence-electron chi connectivity index (χ2n) is 6.40. The van der Waals surface area contributed by atoms with Crippen LogP contribution >= 0.6 is 0 Å². The summed E-state index contributed by atoms with van der Waals surface area (Å²) < 4.78 is 19.3. The van der Waals surface area contributed by atoms with E-state index >= 15 is 0 Å². The summed E-state index contributed by atoms with van der Waals surface area (Å²) in [6.45, 7) is 1.40. The second kappa shape index (κ2) is 8.95. The Morgan fingerprint density at radius 3 is 2.43 bits per heavy atom. The van der Waals surface area contributed by atoms with Crippen LogP contribution in [-0.2, 0) is 4.79 Å². The number of benzene rings is 3. The third-order valence-electron chi connectivity index (χ3n) is 4.24. The van der Waals surface area contributed by atoms with Crippen LogP contribution in [0, 0.1) is 15.9 Å². The standard InChI is InChI=1S/C22H17FN2O5/c1-14(26)16-8-5-9-18(12-16)24-22(27)21(15-6-3-2-4-7-15)30-20-13-17(23)10-11-19(20)25(28)29/h2-13,21H,1H3,(H,24,27)/t21-/m1/s1. The number of rotatable bonds is 7. The number of nitrogens with one attached hydrogen (secondary N) is 1. The fraction of sp³-hybridized carbons (Fsp3) is 0.0909. The third kappa shape index (κ3) is 4.85. The van der Waals surface area contributed by atoms with E-state index in [2.05, 4.69) is 5.32 Å². The molecule has 1 amide bonds. The molecule has 0 spiro atoms. The summed E-state index contributed by atoms with van der Waals surface area (Å²) in [5, 5.41) is 13.9. The highest BCUT2D eigenvalue weighted by Crippen LogP contribution is 2.32. The van der Waals surface area contributed by atoms with E-state index in [0.29, 0.717) is 16.8 Å². The van der Waals surface area contributed by atoms with Gasteiger partial charge in [0.25, 0.3) is 5.91 Å². The first-order valence-electron chi connectivity index (χ1n) is 8.92. The summed E-state index contributed by atoms with van der Waals surface area (Å²) in [7, 11) is 0. The van der Waals surface area contributed by atoms with Crippen LogP contribution in [0.5, 0.6) is 5.75 Å². The summed E-state index contributed by atoms with van der Waals surface area (Å²) in [6, 6.07) is 17.4. The molecule has 0 bridgehead atoms. The molecule has 3 aromatic carbocycles. The van der Waals surface area contributed by atoms with Crippen molar-refractivity contribution in [3.63, 3.8) is 0 Å². The average molecular weight is 408 g/mol. The third-order valence-corrected chi connectivity index (χ3v) is 4.24. The van der Waals surface area contributed by atoms with Gasteiger partial charge in [0.2, 0.25) is 11.9 Å². The molecule has 1 N–H and O–H groups in total. The number of nitro benzene ring substituents is 1. The Bertz CT molecular complexity index is 1100. The molecule has 152 valence electrons. The van der Waals surface area contributed by atoms with Crippen molar-refractivity contribution in [1.82, 2.24) is 0 Å². The number of nitro groups is 1. The number of ether oxygens (including phenoxy) is 1. The van der Waals surface area contributed by atoms with Gasteiger partial charge in [0.15, 0.2) is 5.78 Å². The monoisotopic (exact) mass is 408 g/mol. The smallest absolute Gasteiger partial charge is 0.311 e. The zero-order valence-corrected chi connectivity index (χ0v) is 15.9. The SMILES string of the molecule is CC(=O)c1cccc(NC(=O)[C@H](Oc2cc(F)ccc2[N+](=O)[O-])c2ccccc2)c1. The molecule has 0 saturated heterocycles. The lowest BCUT2D eigenvalue weighted by Gasteiger charge is -2.19. The molecule has 3 aromatic rings. The van der Waals surface area contributed by atoms with E-state index in [9.17, 15) is 24.1 Å². The summed E-state index contributed by atoms with van der Waals surface area (Å²) in [5.74, 6) is -1.92. The van der Waals surface area contributed by atoms with Crippen molar-refractivity contribution in [3.05, 3.63) is 99.9 Å². The maximum Gasteiger partial charge on any atom is 0.311 e. The van der Waals surface area contributed by atoms with Crippen LogP contribution in [0.4, 0.5) is 15.8 Å². The van der Waals surface area contributed by atoms with Crippen LogP contribution in [0.15, 0.2) is 72.8 Å². The van der Waals surface area contributed by atoms with E-state index < -0.39 is 28.4 Å². The van der Waals surface area contributed by atoms with Crippen LogP contribution in [0.3, 0.4) is 0 Å². The van der Waals surface area contributed by atoms with Crippen molar-refractivity contribution in [2.45, 2.75) is 13.0 Å². The molecule has 0 aliphatic heterocycles. The van der Waals surface area contributed by atoms with E-state index in [0.717, 1.165) is 18.2 Å². The highest BCUT2D eigenvalue weighted by molar-refractivity contribution is 5.98. The van der Waals surface area contributed by atoms with E-state index in [1.54, 1.807) is 48.5 Å². The lowest BCUT2D eigenvalue weighted by molar-refractivity contribution is -0.386. The van der Waals surface area contributed by atoms with Gasteiger partial charge in [-0.3, -0.25) is 19.7 Å². The molecule has 1 atom stereocenters. The van der Waals surface area contributed by atoms with Gasteiger partial charge in [-0.05, 0) is 25.1 Å². The van der Waals surface area contributed by atoms with E-state index in [1.807, 2.05) is 0 Å². The average Bonchev–Trinajstić information content (AvgIpc) is 2.72. The lowest BCUT2D eigenvalue weighted by atomic mass is 10.1. The number of ketones is 1. The van der Waals surface area contributed by atoms with E-state index in [4.69, 9.17) is 4.74 Å². The molecule has 0 radical (unpaired) electrons. The van der Waals surface area contributed by atoms with Gasteiger partial charge in [-0.15, -0.1) is 0 Å². The molecule has 0 saturated carbocycles. The Labute approximate surface area is 171 Å². The Morgan fingerprint density at radius 2 is 1.77 bits per heavy atom. The minimum Gasteiger partial charge on any atom is -0.468 e. The van der Waals surface area contributed by atoms with Crippen molar-refractivity contribution in [2.24, 2.45) is 0 Å². The number of Topliss-reactive ketones (excluding diaryl/α,β-unsaturated/α-hetero) is 1. The molecular formula is C22H17FN2O5. The first-order chi connectivity index (χ1) is 14.3. The number of nitrogens with zero attached hydrogens (tertiary/aromatic N) is 1. The maximum absolute atomic E-state index is 13.7. The quantitative estimate of drug-likeness (QED) is 0.347. The van der Waals surface area contributed by atoms with Gasteiger partial charge in [0, 0.05) is 28.9 Å². The van der Waals surface area contributed by atoms with E-state index in [1.165, 1.54) is 13.0 Å². The number of amides is 1. The molecule has 0 aliphatic rings. The van der Waals surface area contributed by atoms with E-state index in [-0.39, 0.29) is 11.5 Å². The molecule has 0 heterocycles. The van der Waals surface area contributed by atoms with Crippen LogP contribution in [0.1, 0.15) is 28.9 Å². The van der Waals surface area contributed by atoms with Gasteiger partial charge in [-0.25, -0.2) is 4.39 Å². The molecule has 0 unspecified atom stereocenters. The van der Waals surface area contributed by atoms with Crippen molar-refractivity contribution < 1.29 is 23.6 Å². The minimum absolute atomic E-state index is 0.169. The molecule has 0 aromatic heterocycles. The number of carbonyl (C=O) groups excluding carboxylic acids is 2. The van der Waals surface area contributed by atoms with Crippen LogP contribution < -0.4 is 10.1 Å². The molecule has 0 fully saturated rings. The van der Waals surface area contributed by atoms with Crippen LogP contribution in [-0.4, -0.2) is 16.6 Å². The fourth-order valence-corrected chi connectivity index (χ4v) is 2.78. The highest BCUT2D eigenvalue weighted by atomic mass is 19.1. The minimum atomic E-state index is -1.30. The number of hydrogen-bond donors (Lipinski definition) is 1. The van der Waals surface area contributed by atoms with Crippen LogP contribution in [0.2, 0.25) is 0 Å². The molecule has 8 heteroatoms. The van der Waals surface area contributed by atoms with Gasteiger partial charge >= 0.3 is 5.69 Å². The van der Waals surface area contributed by atoms with Gasteiger partial charge in [0.1, 0.15) is 5.82 Å². The predicted octanol–water partition coefficient (Wildman–Crippen LogP) is 4.70. The molecule has 0 aliphatic carbocycles. The number of hydrogen-bond acceptors (Lipinski definition) is 5. The Hall–Kier alpha value is -4.07. The lowest BCUT2D eigenvalue weighted by Crippen LogP contribution is -2.26. The maximum atomic E-state index is 13.7. The van der Waals surface area contributed by atoms with Crippen molar-refractivity contribution in [3.8, 4) is 5.75 Å². The second-order valence-corrected chi connectivity index (χ2v) is 6.40. The van der Waals surface area contributed by atoms with Crippen molar-refractivity contribution >= 4 is 23.1 Å². The summed E-state index contributed by atoms with van der Waals surface area (Å²) in [6.07, 6.45) is -1.30. The first-order valence-corrected chi connectivity index (χ1v) is 8.92. The highest BCUT2D eigenvalue weighted by Gasteiger charge is 2.27. The Balaban J connectivity index is 1.95. The van der Waals surface area contributed by atoms with Gasteiger partial charge in [-0.2, -0.15) is 0 Å². The number of carbonyl (C=O) groups is 2. The van der Waals surface area contributed by atoms with Crippen molar-refractivity contribution in [2.75, 3.05) is 5.32 Å². The van der Waals surface area contributed by atoms with Gasteiger partial charge < -0.3 is 10.1 Å².